The normalized spacial score (nSPS) is 18.0. The zero-order chi connectivity index (χ0) is 45.9. The van der Waals surface area contributed by atoms with Gasteiger partial charge in [-0.3, -0.25) is 14.8 Å². The standard InChI is InChI=1S/C25H18FN5O3.C24H16FN5O3/c1-32-23-16(3-2-7-29-23)14-4-5-20-17(9-14)25(13-33-24(27)31-25)18-11-19(30-12-21(18)34-20)15-6-8-28-22(26)10-15;25-21-9-14(5-7-27-21)18-10-17-20(11-29-18)33-19-4-3-13(15-2-1-6-28-22(15)31)8-16(19)24(17)12-32-23(26)30-24/h2-12H,13H2,1H3,(H2,27,31);1-11H,12H2,(H2,26,30)(H,28,31)/t25-;24-/m00/s1. The molecule has 0 radical (unpaired) electrons. The molecule has 8 aromatic rings. The molecule has 6 aromatic heterocycles. The number of aromatic nitrogens is 6. The van der Waals surface area contributed by atoms with Gasteiger partial charge in [0.05, 0.1) is 30.9 Å². The average molecular weight is 897 g/mol. The van der Waals surface area contributed by atoms with E-state index < -0.39 is 23.0 Å². The van der Waals surface area contributed by atoms with Gasteiger partial charge in [-0.15, -0.1) is 0 Å². The van der Waals surface area contributed by atoms with Gasteiger partial charge in [-0.2, -0.15) is 8.78 Å². The van der Waals surface area contributed by atoms with Crippen LogP contribution in [0.1, 0.15) is 22.3 Å². The lowest BCUT2D eigenvalue weighted by atomic mass is 9.80. The van der Waals surface area contributed by atoms with Crippen LogP contribution in [0.5, 0.6) is 28.9 Å². The summed E-state index contributed by atoms with van der Waals surface area (Å²) in [5, 5.41) is 0. The maximum Gasteiger partial charge on any atom is 0.283 e. The molecule has 2 spiro atoms. The topological polar surface area (TPSA) is 220 Å². The number of pyridine rings is 6. The Morgan fingerprint density at radius 3 is 1.60 bits per heavy atom. The van der Waals surface area contributed by atoms with Gasteiger partial charge in [-0.05, 0) is 83.9 Å². The minimum absolute atomic E-state index is 0.0464. The fraction of sp³-hybridized carbons (Fsp3) is 0.102. The molecule has 0 bridgehead atoms. The van der Waals surface area contributed by atoms with E-state index in [2.05, 4.69) is 34.9 Å². The Hall–Kier alpha value is -9.06. The second-order valence-corrected chi connectivity index (χ2v) is 15.7. The Morgan fingerprint density at radius 1 is 0.582 bits per heavy atom. The number of aliphatic imine (C=N–C) groups is 2. The highest BCUT2D eigenvalue weighted by Gasteiger charge is 2.49. The van der Waals surface area contributed by atoms with Crippen LogP contribution in [-0.2, 0) is 20.6 Å². The van der Waals surface area contributed by atoms with Crippen molar-refractivity contribution in [2.24, 2.45) is 21.5 Å². The van der Waals surface area contributed by atoms with E-state index in [1.807, 2.05) is 48.5 Å². The summed E-state index contributed by atoms with van der Waals surface area (Å²) in [5.74, 6) is 1.51. The lowest BCUT2D eigenvalue weighted by Crippen LogP contribution is -2.31. The molecule has 0 unspecified atom stereocenters. The zero-order valence-electron chi connectivity index (χ0n) is 35.1. The number of amidine groups is 2. The van der Waals surface area contributed by atoms with E-state index in [1.165, 1.54) is 24.5 Å². The number of fused-ring (bicyclic) bond motifs is 8. The summed E-state index contributed by atoms with van der Waals surface area (Å²) in [6.45, 7) is 0.328. The second kappa shape index (κ2) is 15.9. The molecule has 12 rings (SSSR count). The highest BCUT2D eigenvalue weighted by Crippen LogP contribution is 2.54. The molecule has 67 heavy (non-hydrogen) atoms. The molecule has 10 heterocycles. The van der Waals surface area contributed by atoms with Crippen LogP contribution >= 0.6 is 0 Å². The summed E-state index contributed by atoms with van der Waals surface area (Å²) in [5.41, 5.74) is 17.8. The number of aromatic amines is 1. The fourth-order valence-corrected chi connectivity index (χ4v) is 8.72. The van der Waals surface area contributed by atoms with Crippen molar-refractivity contribution < 1.29 is 32.5 Å². The summed E-state index contributed by atoms with van der Waals surface area (Å²) in [4.78, 5) is 44.9. The van der Waals surface area contributed by atoms with Gasteiger partial charge in [0.1, 0.15) is 24.7 Å². The number of benzene rings is 2. The molecule has 18 heteroatoms. The maximum absolute atomic E-state index is 13.8. The number of nitrogens with one attached hydrogen (secondary N) is 1. The predicted molar refractivity (Wildman–Crippen MR) is 240 cm³/mol. The molecule has 330 valence electrons. The fourth-order valence-electron chi connectivity index (χ4n) is 8.72. The predicted octanol–water partition coefficient (Wildman–Crippen LogP) is 7.38. The van der Waals surface area contributed by atoms with Crippen molar-refractivity contribution in [1.29, 1.82) is 0 Å². The summed E-state index contributed by atoms with van der Waals surface area (Å²) in [6.07, 6.45) is 9.22. The number of nitrogens with two attached hydrogens (primary N) is 2. The van der Waals surface area contributed by atoms with Crippen LogP contribution in [-0.4, -0.2) is 62.3 Å². The molecular formula is C49H34F2N10O6. The Morgan fingerprint density at radius 2 is 1.10 bits per heavy atom. The number of nitrogens with zero attached hydrogens (tertiary/aromatic N) is 7. The van der Waals surface area contributed by atoms with Crippen molar-refractivity contribution in [3.05, 3.63) is 179 Å². The SMILES string of the molecule is COc1ncccc1-c1ccc2c(c1)[C@@]1(COC(N)=N1)c1cc(-c3ccnc(F)c3)ncc1O2.NC1=N[C@@]2(CO1)c1cc(-c3ccc[nH]c3=O)ccc1Oc1cnc(-c3ccnc(F)c3)cc12. The monoisotopic (exact) mass is 896 g/mol. The van der Waals surface area contributed by atoms with Crippen LogP contribution in [0.4, 0.5) is 8.78 Å². The third-order valence-electron chi connectivity index (χ3n) is 11.8. The van der Waals surface area contributed by atoms with E-state index in [9.17, 15) is 13.6 Å². The first-order valence-corrected chi connectivity index (χ1v) is 20.6. The van der Waals surface area contributed by atoms with E-state index in [-0.39, 0.29) is 30.8 Å². The molecule has 4 aliphatic rings. The smallest absolute Gasteiger partial charge is 0.283 e. The summed E-state index contributed by atoms with van der Waals surface area (Å²) in [6, 6.07) is 28.3. The van der Waals surface area contributed by atoms with Crippen LogP contribution < -0.4 is 31.2 Å². The Labute approximate surface area is 378 Å². The highest BCUT2D eigenvalue weighted by atomic mass is 19.1. The molecule has 0 saturated carbocycles. The van der Waals surface area contributed by atoms with Crippen molar-refractivity contribution in [2.45, 2.75) is 11.1 Å². The first kappa shape index (κ1) is 40.7. The van der Waals surface area contributed by atoms with Crippen LogP contribution in [0.3, 0.4) is 0 Å². The van der Waals surface area contributed by atoms with Gasteiger partial charge in [-0.25, -0.2) is 24.9 Å². The van der Waals surface area contributed by atoms with E-state index in [0.717, 1.165) is 22.3 Å². The van der Waals surface area contributed by atoms with E-state index >= 15 is 0 Å². The molecule has 2 atom stereocenters. The van der Waals surface area contributed by atoms with Gasteiger partial charge in [0.2, 0.25) is 17.8 Å². The Kier molecular flexibility index (Phi) is 9.64. The number of rotatable bonds is 5. The first-order valence-electron chi connectivity index (χ1n) is 20.6. The van der Waals surface area contributed by atoms with Gasteiger partial charge >= 0.3 is 0 Å². The third-order valence-corrected chi connectivity index (χ3v) is 11.8. The molecule has 16 nitrogen and oxygen atoms in total. The van der Waals surface area contributed by atoms with Crippen molar-refractivity contribution in [1.82, 2.24) is 29.9 Å². The maximum atomic E-state index is 13.8. The minimum atomic E-state index is -1.01. The lowest BCUT2D eigenvalue weighted by molar-refractivity contribution is 0.264. The average Bonchev–Trinajstić information content (AvgIpc) is 3.94. The molecule has 5 N–H and O–H groups in total. The highest BCUT2D eigenvalue weighted by molar-refractivity contribution is 5.80. The summed E-state index contributed by atoms with van der Waals surface area (Å²) in [7, 11) is 1.58. The Bertz CT molecular complexity index is 3440. The first-order chi connectivity index (χ1) is 32.6. The van der Waals surface area contributed by atoms with Gasteiger partial charge < -0.3 is 40.1 Å². The van der Waals surface area contributed by atoms with Crippen LogP contribution in [0.15, 0.2) is 149 Å². The molecule has 0 amide bonds. The number of hydrogen-bond donors (Lipinski definition) is 3. The van der Waals surface area contributed by atoms with Crippen molar-refractivity contribution >= 4 is 12.0 Å². The number of hydrogen-bond acceptors (Lipinski definition) is 15. The quantitative estimate of drug-likeness (QED) is 0.144. The summed E-state index contributed by atoms with van der Waals surface area (Å²) < 4.78 is 56.5. The van der Waals surface area contributed by atoms with Gasteiger partial charge in [0, 0.05) is 81.4 Å². The van der Waals surface area contributed by atoms with Gasteiger partial charge in [0.15, 0.2) is 22.6 Å². The summed E-state index contributed by atoms with van der Waals surface area (Å²) >= 11 is 0. The van der Waals surface area contributed by atoms with Gasteiger partial charge in [-0.1, -0.05) is 12.1 Å². The zero-order valence-corrected chi connectivity index (χ0v) is 35.1. The Balaban J connectivity index is 0.000000148. The van der Waals surface area contributed by atoms with Gasteiger partial charge in [0.25, 0.3) is 17.6 Å². The van der Waals surface area contributed by atoms with E-state index in [0.29, 0.717) is 73.6 Å². The molecule has 4 aliphatic heterocycles. The van der Waals surface area contributed by atoms with Crippen LogP contribution in [0.2, 0.25) is 0 Å². The van der Waals surface area contributed by atoms with Crippen LogP contribution in [0, 0.1) is 11.9 Å². The lowest BCUT2D eigenvalue weighted by Gasteiger charge is -2.33. The third kappa shape index (κ3) is 6.98. The molecular weight excluding hydrogens is 863 g/mol. The van der Waals surface area contributed by atoms with Crippen molar-refractivity contribution in [3.8, 4) is 73.6 Å². The number of ether oxygens (including phenoxy) is 5. The number of H-pyrrole nitrogens is 1. The molecule has 0 saturated heterocycles. The van der Waals surface area contributed by atoms with Crippen molar-refractivity contribution in [3.63, 3.8) is 0 Å². The number of halogens is 2. The van der Waals surface area contributed by atoms with E-state index in [1.54, 1.807) is 68.3 Å². The number of methoxy groups -OCH3 is 1. The van der Waals surface area contributed by atoms with Crippen molar-refractivity contribution in [2.75, 3.05) is 20.3 Å². The minimum Gasteiger partial charge on any atom is -0.481 e. The molecule has 0 aliphatic carbocycles. The molecule has 0 fully saturated rings. The molecule has 2 aromatic carbocycles. The van der Waals surface area contributed by atoms with E-state index in [4.69, 9.17) is 40.1 Å². The second-order valence-electron chi connectivity index (χ2n) is 15.7. The van der Waals surface area contributed by atoms with Crippen LogP contribution in [0.25, 0.3) is 44.8 Å². The largest absolute Gasteiger partial charge is 0.481 e.